The summed E-state index contributed by atoms with van der Waals surface area (Å²) in [5, 5.41) is 6.00. The van der Waals surface area contributed by atoms with E-state index in [2.05, 4.69) is 10.6 Å². The van der Waals surface area contributed by atoms with Crippen LogP contribution in [-0.2, 0) is 11.3 Å². The van der Waals surface area contributed by atoms with Crippen LogP contribution in [0.2, 0.25) is 0 Å². The second-order valence-corrected chi connectivity index (χ2v) is 6.61. The average Bonchev–Trinajstić information content (AvgIpc) is 2.78. The van der Waals surface area contributed by atoms with Crippen LogP contribution < -0.4 is 24.8 Å². The molecule has 0 saturated carbocycles. The largest absolute Gasteiger partial charge is 0.495 e. The van der Waals surface area contributed by atoms with Gasteiger partial charge in [-0.2, -0.15) is 0 Å². The molecule has 1 amide bonds. The molecule has 0 aliphatic carbocycles. The summed E-state index contributed by atoms with van der Waals surface area (Å²) in [4.78, 5) is 12.3. The second-order valence-electron chi connectivity index (χ2n) is 6.61. The smallest absolute Gasteiger partial charge is 0.262 e. The maximum absolute atomic E-state index is 13.0. The van der Waals surface area contributed by atoms with Crippen molar-refractivity contribution in [2.24, 2.45) is 0 Å². The number of para-hydroxylation sites is 2. The third-order valence-corrected chi connectivity index (χ3v) is 4.39. The summed E-state index contributed by atoms with van der Waals surface area (Å²) >= 11 is 0. The maximum atomic E-state index is 13.0. The summed E-state index contributed by atoms with van der Waals surface area (Å²) in [6, 6.07) is 18.8. The number of hydrogen-bond donors (Lipinski definition) is 2. The minimum atomic E-state index is -0.311. The Morgan fingerprint density at radius 3 is 2.45 bits per heavy atom. The normalized spacial score (nSPS) is 10.3. The van der Waals surface area contributed by atoms with Crippen LogP contribution in [0.15, 0.2) is 66.7 Å². The molecule has 0 aliphatic heterocycles. The summed E-state index contributed by atoms with van der Waals surface area (Å²) in [5.41, 5.74) is 2.34. The lowest BCUT2D eigenvalue weighted by Gasteiger charge is -2.15. The summed E-state index contributed by atoms with van der Waals surface area (Å²) in [6.45, 7) is 2.69. The molecule has 31 heavy (non-hydrogen) atoms. The fourth-order valence-corrected chi connectivity index (χ4v) is 2.90. The van der Waals surface area contributed by atoms with Crippen molar-refractivity contribution in [1.82, 2.24) is 0 Å². The number of benzene rings is 3. The van der Waals surface area contributed by atoms with Gasteiger partial charge < -0.3 is 24.8 Å². The van der Waals surface area contributed by atoms with Gasteiger partial charge >= 0.3 is 0 Å². The molecule has 3 rings (SSSR count). The molecule has 2 N–H and O–H groups in total. The van der Waals surface area contributed by atoms with Crippen molar-refractivity contribution in [2.75, 3.05) is 31.0 Å². The summed E-state index contributed by atoms with van der Waals surface area (Å²) < 4.78 is 29.6. The van der Waals surface area contributed by atoms with Crippen molar-refractivity contribution >= 4 is 17.3 Å². The Bertz CT molecular complexity index is 1010. The molecule has 0 atom stereocenters. The van der Waals surface area contributed by atoms with Gasteiger partial charge in [0.15, 0.2) is 18.1 Å². The second kappa shape index (κ2) is 10.9. The van der Waals surface area contributed by atoms with Gasteiger partial charge in [-0.25, -0.2) is 4.39 Å². The molecule has 0 saturated heterocycles. The van der Waals surface area contributed by atoms with Crippen LogP contribution >= 0.6 is 0 Å². The van der Waals surface area contributed by atoms with Gasteiger partial charge in [0.1, 0.15) is 11.6 Å². The highest BCUT2D eigenvalue weighted by Gasteiger charge is 2.11. The third-order valence-electron chi connectivity index (χ3n) is 4.39. The molecule has 0 aromatic heterocycles. The summed E-state index contributed by atoms with van der Waals surface area (Å²) in [5.74, 6) is 1.01. The van der Waals surface area contributed by atoms with Crippen molar-refractivity contribution < 1.29 is 23.4 Å². The van der Waals surface area contributed by atoms with Crippen LogP contribution in [0.4, 0.5) is 15.8 Å². The molecule has 0 bridgehead atoms. The maximum Gasteiger partial charge on any atom is 0.262 e. The molecule has 6 nitrogen and oxygen atoms in total. The molecule has 3 aromatic rings. The summed E-state index contributed by atoms with van der Waals surface area (Å²) in [6.07, 6.45) is 0. The SMILES string of the molecule is CCOc1cc(CNc2ccc(F)cc2)ccc1OCC(=O)Nc1ccccc1OC. The van der Waals surface area contributed by atoms with Gasteiger partial charge in [-0.15, -0.1) is 0 Å². The van der Waals surface area contributed by atoms with E-state index in [4.69, 9.17) is 14.2 Å². The molecule has 0 radical (unpaired) electrons. The number of nitrogens with one attached hydrogen (secondary N) is 2. The number of carbonyl (C=O) groups is 1. The molecule has 0 fully saturated rings. The van der Waals surface area contributed by atoms with Gasteiger partial charge in [0.05, 0.1) is 19.4 Å². The van der Waals surface area contributed by atoms with Gasteiger partial charge in [0.25, 0.3) is 5.91 Å². The van der Waals surface area contributed by atoms with Crippen molar-refractivity contribution in [3.05, 3.63) is 78.1 Å². The first-order valence-corrected chi connectivity index (χ1v) is 9.90. The van der Waals surface area contributed by atoms with Crippen molar-refractivity contribution in [3.8, 4) is 17.2 Å². The number of ether oxygens (including phenoxy) is 3. The first-order chi connectivity index (χ1) is 15.1. The Labute approximate surface area is 181 Å². The quantitative estimate of drug-likeness (QED) is 0.486. The molecule has 0 heterocycles. The molecule has 0 aliphatic rings. The van der Waals surface area contributed by atoms with E-state index in [0.29, 0.717) is 36.1 Å². The fourth-order valence-electron chi connectivity index (χ4n) is 2.90. The van der Waals surface area contributed by atoms with Crippen molar-refractivity contribution in [1.29, 1.82) is 0 Å². The highest BCUT2D eigenvalue weighted by atomic mass is 19.1. The predicted molar refractivity (Wildman–Crippen MR) is 118 cm³/mol. The zero-order valence-corrected chi connectivity index (χ0v) is 17.5. The highest BCUT2D eigenvalue weighted by molar-refractivity contribution is 5.93. The Hall–Kier alpha value is -3.74. The highest BCUT2D eigenvalue weighted by Crippen LogP contribution is 2.29. The first kappa shape index (κ1) is 22.0. The number of rotatable bonds is 10. The van der Waals surface area contributed by atoms with Crippen molar-refractivity contribution in [2.45, 2.75) is 13.5 Å². The van der Waals surface area contributed by atoms with Crippen LogP contribution in [0, 0.1) is 5.82 Å². The van der Waals surface area contributed by atoms with E-state index < -0.39 is 0 Å². The lowest BCUT2D eigenvalue weighted by Crippen LogP contribution is -2.20. The number of anilines is 2. The van der Waals surface area contributed by atoms with Crippen LogP contribution in [-0.4, -0.2) is 26.2 Å². The van der Waals surface area contributed by atoms with Gasteiger partial charge in [0.2, 0.25) is 0 Å². The van der Waals surface area contributed by atoms with Gasteiger partial charge in [0, 0.05) is 12.2 Å². The van der Waals surface area contributed by atoms with E-state index in [1.54, 1.807) is 37.4 Å². The number of methoxy groups -OCH3 is 1. The van der Waals surface area contributed by atoms with E-state index in [1.807, 2.05) is 31.2 Å². The van der Waals surface area contributed by atoms with Crippen LogP contribution in [0.25, 0.3) is 0 Å². The van der Waals surface area contributed by atoms with Crippen LogP contribution in [0.5, 0.6) is 17.2 Å². The van der Waals surface area contributed by atoms with E-state index in [0.717, 1.165) is 11.3 Å². The van der Waals surface area contributed by atoms with Gasteiger partial charge in [-0.05, 0) is 61.0 Å². The van der Waals surface area contributed by atoms with Crippen LogP contribution in [0.1, 0.15) is 12.5 Å². The number of hydrogen-bond acceptors (Lipinski definition) is 5. The minimum Gasteiger partial charge on any atom is -0.495 e. The molecular formula is C24H25FN2O4. The average molecular weight is 424 g/mol. The Balaban J connectivity index is 1.61. The zero-order valence-electron chi connectivity index (χ0n) is 17.5. The molecular weight excluding hydrogens is 399 g/mol. The Morgan fingerprint density at radius 2 is 1.71 bits per heavy atom. The predicted octanol–water partition coefficient (Wildman–Crippen LogP) is 4.86. The Kier molecular flexibility index (Phi) is 7.70. The monoisotopic (exact) mass is 424 g/mol. The van der Waals surface area contributed by atoms with Crippen LogP contribution in [0.3, 0.4) is 0 Å². The summed E-state index contributed by atoms with van der Waals surface area (Å²) in [7, 11) is 1.54. The topological polar surface area (TPSA) is 68.8 Å². The molecule has 0 unspecified atom stereocenters. The number of halogens is 1. The number of amides is 1. The van der Waals surface area contributed by atoms with Crippen molar-refractivity contribution in [3.63, 3.8) is 0 Å². The van der Waals surface area contributed by atoms with Gasteiger partial charge in [-0.1, -0.05) is 18.2 Å². The molecule has 7 heteroatoms. The molecule has 0 spiro atoms. The minimum absolute atomic E-state index is 0.175. The first-order valence-electron chi connectivity index (χ1n) is 9.90. The fraction of sp³-hybridized carbons (Fsp3) is 0.208. The molecule has 3 aromatic carbocycles. The van der Waals surface area contributed by atoms with E-state index in [-0.39, 0.29) is 18.3 Å². The lowest BCUT2D eigenvalue weighted by atomic mass is 10.2. The standard InChI is InChI=1S/C24H25FN2O4/c1-3-30-23-14-17(15-26-19-11-9-18(25)10-12-19)8-13-22(23)31-16-24(28)27-20-6-4-5-7-21(20)29-2/h4-14,26H,3,15-16H2,1-2H3,(H,27,28). The van der Waals surface area contributed by atoms with E-state index in [1.165, 1.54) is 12.1 Å². The molecule has 162 valence electrons. The Morgan fingerprint density at radius 1 is 0.935 bits per heavy atom. The third kappa shape index (κ3) is 6.37. The van der Waals surface area contributed by atoms with E-state index in [9.17, 15) is 9.18 Å². The zero-order chi connectivity index (χ0) is 22.1. The number of carbonyl (C=O) groups excluding carboxylic acids is 1. The lowest BCUT2D eigenvalue weighted by molar-refractivity contribution is -0.118. The van der Waals surface area contributed by atoms with E-state index >= 15 is 0 Å². The van der Waals surface area contributed by atoms with Gasteiger partial charge in [-0.3, -0.25) is 4.79 Å².